The predicted octanol–water partition coefficient (Wildman–Crippen LogP) is 1.12. The number of ether oxygens (including phenoxy) is 2. The summed E-state index contributed by atoms with van der Waals surface area (Å²) in [5.41, 5.74) is 0.703. The molecule has 0 aromatic heterocycles. The number of rotatable bonds is 7. The number of carbonyl (C=O) groups is 1. The van der Waals surface area contributed by atoms with Crippen molar-refractivity contribution in [3.8, 4) is 0 Å². The van der Waals surface area contributed by atoms with E-state index in [-0.39, 0.29) is 12.0 Å². The van der Waals surface area contributed by atoms with Gasteiger partial charge in [-0.3, -0.25) is 0 Å². The molecule has 0 aromatic rings. The highest BCUT2D eigenvalue weighted by molar-refractivity contribution is 5.88. The highest BCUT2D eigenvalue weighted by Gasteiger charge is 2.06. The maximum absolute atomic E-state index is 11.2. The fourth-order valence-corrected chi connectivity index (χ4v) is 1.20. The lowest BCUT2D eigenvalue weighted by atomic mass is 10.2. The van der Waals surface area contributed by atoms with E-state index < -0.39 is 0 Å². The van der Waals surface area contributed by atoms with E-state index in [1.807, 2.05) is 19.9 Å². The van der Waals surface area contributed by atoms with Gasteiger partial charge in [0.1, 0.15) is 0 Å². The molecule has 88 valence electrons. The number of hydrogen-bond acceptors (Lipinski definition) is 4. The molecule has 0 rings (SSSR count). The van der Waals surface area contributed by atoms with Crippen molar-refractivity contribution in [1.29, 1.82) is 0 Å². The monoisotopic (exact) mass is 215 g/mol. The Morgan fingerprint density at radius 1 is 1.47 bits per heavy atom. The molecular formula is C11H21NO3. The third-order valence-corrected chi connectivity index (χ3v) is 2.06. The molecule has 0 aromatic carbocycles. The van der Waals surface area contributed by atoms with Crippen LogP contribution < -0.4 is 5.32 Å². The average molecular weight is 215 g/mol. The molecule has 0 heterocycles. The topological polar surface area (TPSA) is 47.6 Å². The zero-order valence-corrected chi connectivity index (χ0v) is 10.0. The number of carbonyl (C=O) groups excluding carboxylic acids is 1. The summed E-state index contributed by atoms with van der Waals surface area (Å²) in [4.78, 5) is 11.2. The van der Waals surface area contributed by atoms with Gasteiger partial charge in [-0.2, -0.15) is 0 Å². The van der Waals surface area contributed by atoms with E-state index in [0.29, 0.717) is 25.1 Å². The van der Waals surface area contributed by atoms with Crippen LogP contribution in [0.5, 0.6) is 0 Å². The van der Waals surface area contributed by atoms with Crippen molar-refractivity contribution in [3.05, 3.63) is 11.6 Å². The third-order valence-electron chi connectivity index (χ3n) is 2.06. The first kappa shape index (κ1) is 14.1. The SMILES string of the molecule is CCC(=CCNC(C)COC)C(=O)OC. The summed E-state index contributed by atoms with van der Waals surface area (Å²) in [6.45, 7) is 5.28. The van der Waals surface area contributed by atoms with Crippen molar-refractivity contribution in [2.75, 3.05) is 27.4 Å². The lowest BCUT2D eigenvalue weighted by Gasteiger charge is -2.11. The van der Waals surface area contributed by atoms with Crippen LogP contribution in [-0.4, -0.2) is 39.4 Å². The summed E-state index contributed by atoms with van der Waals surface area (Å²) >= 11 is 0. The van der Waals surface area contributed by atoms with Gasteiger partial charge in [0.25, 0.3) is 0 Å². The summed E-state index contributed by atoms with van der Waals surface area (Å²) in [7, 11) is 3.06. The standard InChI is InChI=1S/C11H21NO3/c1-5-10(11(13)15-4)6-7-12-9(2)8-14-3/h6,9,12H,5,7-8H2,1-4H3. The summed E-state index contributed by atoms with van der Waals surface area (Å²) in [5.74, 6) is -0.251. The summed E-state index contributed by atoms with van der Waals surface area (Å²) < 4.78 is 9.63. The van der Waals surface area contributed by atoms with E-state index in [1.54, 1.807) is 7.11 Å². The van der Waals surface area contributed by atoms with Gasteiger partial charge in [0.2, 0.25) is 0 Å². The molecule has 0 saturated carbocycles. The van der Waals surface area contributed by atoms with Crippen molar-refractivity contribution in [2.24, 2.45) is 0 Å². The Hall–Kier alpha value is -0.870. The molecule has 0 spiro atoms. The van der Waals surface area contributed by atoms with Crippen LogP contribution >= 0.6 is 0 Å². The molecule has 0 aliphatic heterocycles. The van der Waals surface area contributed by atoms with E-state index in [1.165, 1.54) is 7.11 Å². The molecule has 0 aliphatic carbocycles. The predicted molar refractivity (Wildman–Crippen MR) is 59.7 cm³/mol. The minimum atomic E-state index is -0.251. The Labute approximate surface area is 91.6 Å². The van der Waals surface area contributed by atoms with Crippen molar-refractivity contribution < 1.29 is 14.3 Å². The smallest absolute Gasteiger partial charge is 0.333 e. The Morgan fingerprint density at radius 2 is 2.13 bits per heavy atom. The minimum absolute atomic E-state index is 0.251. The first-order valence-corrected chi connectivity index (χ1v) is 5.15. The molecule has 0 aliphatic rings. The Morgan fingerprint density at radius 3 is 2.60 bits per heavy atom. The number of nitrogens with one attached hydrogen (secondary N) is 1. The van der Waals surface area contributed by atoms with E-state index in [9.17, 15) is 4.79 Å². The summed E-state index contributed by atoms with van der Waals surface area (Å²) in [5, 5.41) is 3.22. The fourth-order valence-electron chi connectivity index (χ4n) is 1.20. The fraction of sp³-hybridized carbons (Fsp3) is 0.727. The van der Waals surface area contributed by atoms with Crippen LogP contribution in [0, 0.1) is 0 Å². The average Bonchev–Trinajstić information content (AvgIpc) is 2.24. The molecule has 0 fully saturated rings. The normalized spacial score (nSPS) is 13.7. The number of hydrogen-bond donors (Lipinski definition) is 1. The van der Waals surface area contributed by atoms with E-state index >= 15 is 0 Å². The molecule has 0 saturated heterocycles. The van der Waals surface area contributed by atoms with Crippen molar-refractivity contribution in [3.63, 3.8) is 0 Å². The summed E-state index contributed by atoms with van der Waals surface area (Å²) in [6, 6.07) is 0.280. The van der Waals surface area contributed by atoms with Gasteiger partial charge in [0.15, 0.2) is 0 Å². The molecular weight excluding hydrogens is 194 g/mol. The molecule has 0 amide bonds. The molecule has 0 radical (unpaired) electrons. The second-order valence-electron chi connectivity index (χ2n) is 3.34. The highest BCUT2D eigenvalue weighted by Crippen LogP contribution is 2.01. The van der Waals surface area contributed by atoms with Crippen LogP contribution in [0.1, 0.15) is 20.3 Å². The van der Waals surface area contributed by atoms with Gasteiger partial charge in [-0.1, -0.05) is 13.0 Å². The van der Waals surface area contributed by atoms with E-state index in [4.69, 9.17) is 4.74 Å². The molecule has 15 heavy (non-hydrogen) atoms. The number of esters is 1. The van der Waals surface area contributed by atoms with Gasteiger partial charge in [-0.05, 0) is 13.3 Å². The molecule has 0 bridgehead atoms. The quantitative estimate of drug-likeness (QED) is 0.510. The van der Waals surface area contributed by atoms with Crippen molar-refractivity contribution >= 4 is 5.97 Å². The zero-order chi connectivity index (χ0) is 11.7. The maximum atomic E-state index is 11.2. The summed E-state index contributed by atoms with van der Waals surface area (Å²) in [6.07, 6.45) is 2.55. The van der Waals surface area contributed by atoms with Gasteiger partial charge in [0.05, 0.1) is 13.7 Å². The van der Waals surface area contributed by atoms with Crippen LogP contribution in [0.15, 0.2) is 11.6 Å². The second-order valence-corrected chi connectivity index (χ2v) is 3.34. The van der Waals surface area contributed by atoms with Crippen LogP contribution in [-0.2, 0) is 14.3 Å². The Balaban J connectivity index is 3.96. The largest absolute Gasteiger partial charge is 0.466 e. The van der Waals surface area contributed by atoms with Gasteiger partial charge < -0.3 is 14.8 Å². The third kappa shape index (κ3) is 6.25. The molecule has 4 nitrogen and oxygen atoms in total. The first-order chi connectivity index (χ1) is 7.15. The van der Waals surface area contributed by atoms with E-state index in [2.05, 4.69) is 10.1 Å². The van der Waals surface area contributed by atoms with Gasteiger partial charge in [-0.15, -0.1) is 0 Å². The Kier molecular flexibility index (Phi) is 7.95. The van der Waals surface area contributed by atoms with E-state index in [0.717, 1.165) is 0 Å². The van der Waals surface area contributed by atoms with Crippen LogP contribution in [0.4, 0.5) is 0 Å². The zero-order valence-electron chi connectivity index (χ0n) is 10.0. The molecule has 1 N–H and O–H groups in total. The first-order valence-electron chi connectivity index (χ1n) is 5.15. The molecule has 4 heteroatoms. The number of methoxy groups -OCH3 is 2. The molecule has 1 atom stereocenters. The maximum Gasteiger partial charge on any atom is 0.333 e. The Bertz CT molecular complexity index is 214. The van der Waals surface area contributed by atoms with Gasteiger partial charge in [-0.25, -0.2) is 4.79 Å². The lowest BCUT2D eigenvalue weighted by Crippen LogP contribution is -2.30. The van der Waals surface area contributed by atoms with Crippen molar-refractivity contribution in [2.45, 2.75) is 26.3 Å². The van der Waals surface area contributed by atoms with Crippen molar-refractivity contribution in [1.82, 2.24) is 5.32 Å². The van der Waals surface area contributed by atoms with Gasteiger partial charge >= 0.3 is 5.97 Å². The van der Waals surface area contributed by atoms with Crippen LogP contribution in [0.25, 0.3) is 0 Å². The van der Waals surface area contributed by atoms with Crippen LogP contribution in [0.3, 0.4) is 0 Å². The lowest BCUT2D eigenvalue weighted by molar-refractivity contribution is -0.136. The van der Waals surface area contributed by atoms with Gasteiger partial charge in [0, 0.05) is 25.3 Å². The molecule has 1 unspecified atom stereocenters. The second kappa shape index (κ2) is 8.44. The minimum Gasteiger partial charge on any atom is -0.466 e. The highest BCUT2D eigenvalue weighted by atomic mass is 16.5. The van der Waals surface area contributed by atoms with Crippen LogP contribution in [0.2, 0.25) is 0 Å².